The molecule has 1 unspecified atom stereocenters. The van der Waals surface area contributed by atoms with Gasteiger partial charge in [0.2, 0.25) is 5.91 Å². The molecule has 3 rings (SSSR count). The molecule has 2 aromatic rings. The standard InChI is InChI=1S/C33H44F2N4O9/c1-7-9-17-37(26(10-8-2)47-33(34,35)45)30(43)39-27(29(41)42)24(28(39)40)18-22-15-16-36-25(19-22)38(31(44)48-32(3,4)5)20-21-11-13-23(46-6)14-12-21/h11-16,19,24,26-27,45H,7-10,17-18,20H2,1-6H3,(H,41,42)/t24-,26?,27+/m1/s1. The number of unbranched alkanes of at least 4 members (excludes halogenated alkanes) is 1. The number of aromatic nitrogens is 1. The molecule has 48 heavy (non-hydrogen) atoms. The molecule has 0 spiro atoms. The lowest BCUT2D eigenvalue weighted by Crippen LogP contribution is -2.70. The fourth-order valence-electron chi connectivity index (χ4n) is 5.22. The first kappa shape index (κ1) is 38.1. The molecule has 0 radical (unpaired) electrons. The van der Waals surface area contributed by atoms with Crippen LogP contribution in [0.1, 0.15) is 71.4 Å². The van der Waals surface area contributed by atoms with E-state index in [2.05, 4.69) is 9.72 Å². The molecule has 2 heterocycles. The fraction of sp³-hybridized carbons (Fsp3) is 0.545. The third kappa shape index (κ3) is 10.1. The number of anilines is 1. The number of likely N-dealkylation sites (tertiary alicyclic amines) is 1. The van der Waals surface area contributed by atoms with E-state index in [1.807, 2.05) is 0 Å². The number of pyridine rings is 1. The number of carboxylic acids is 1. The van der Waals surface area contributed by atoms with Gasteiger partial charge in [0.25, 0.3) is 0 Å². The number of hydrogen-bond donors (Lipinski definition) is 2. The van der Waals surface area contributed by atoms with Crippen LogP contribution in [0.3, 0.4) is 0 Å². The van der Waals surface area contributed by atoms with Crippen molar-refractivity contribution >= 4 is 29.8 Å². The summed E-state index contributed by atoms with van der Waals surface area (Å²) < 4.78 is 42.2. The zero-order valence-corrected chi connectivity index (χ0v) is 28.0. The lowest BCUT2D eigenvalue weighted by atomic mass is 9.82. The number of carbonyl (C=O) groups is 4. The van der Waals surface area contributed by atoms with Gasteiger partial charge in [-0.15, -0.1) is 8.78 Å². The van der Waals surface area contributed by atoms with Gasteiger partial charge in [-0.1, -0.05) is 38.8 Å². The molecule has 0 aliphatic carbocycles. The molecule has 1 fully saturated rings. The molecule has 3 atom stereocenters. The molecule has 264 valence electrons. The number of halogens is 2. The number of alkyl halides is 2. The number of nitrogens with zero attached hydrogens (tertiary/aromatic N) is 4. The van der Waals surface area contributed by atoms with Crippen molar-refractivity contribution < 1.29 is 52.4 Å². The Hall–Kier alpha value is -4.37. The number of imide groups is 1. The van der Waals surface area contributed by atoms with Crippen LogP contribution in [0.2, 0.25) is 0 Å². The maximum Gasteiger partial charge on any atom is 0.484 e. The molecular formula is C33H44F2N4O9. The summed E-state index contributed by atoms with van der Waals surface area (Å²) in [6.45, 7) is 8.57. The maximum absolute atomic E-state index is 13.6. The second kappa shape index (κ2) is 16.2. The van der Waals surface area contributed by atoms with Crippen molar-refractivity contribution in [2.45, 2.75) is 97.4 Å². The third-order valence-electron chi connectivity index (χ3n) is 7.49. The maximum atomic E-state index is 13.6. The Bertz CT molecular complexity index is 1430. The monoisotopic (exact) mass is 678 g/mol. The van der Waals surface area contributed by atoms with E-state index < -0.39 is 54.1 Å². The summed E-state index contributed by atoms with van der Waals surface area (Å²) >= 11 is 0. The summed E-state index contributed by atoms with van der Waals surface area (Å²) in [7, 11) is 1.53. The van der Waals surface area contributed by atoms with Crippen LogP contribution in [0, 0.1) is 5.92 Å². The molecule has 0 bridgehead atoms. The van der Waals surface area contributed by atoms with Gasteiger partial charge in [-0.3, -0.25) is 19.3 Å². The van der Waals surface area contributed by atoms with Crippen LogP contribution in [0.15, 0.2) is 42.6 Å². The normalized spacial score (nSPS) is 16.9. The Labute approximate surface area is 278 Å². The van der Waals surface area contributed by atoms with Crippen molar-refractivity contribution in [3.05, 3.63) is 53.7 Å². The lowest BCUT2D eigenvalue weighted by molar-refractivity contribution is -0.398. The Kier molecular flexibility index (Phi) is 12.8. The first-order valence-electron chi connectivity index (χ1n) is 15.7. The van der Waals surface area contributed by atoms with E-state index in [1.165, 1.54) is 24.3 Å². The van der Waals surface area contributed by atoms with Crippen molar-refractivity contribution in [3.63, 3.8) is 0 Å². The number of β-lactam (4-membered cyclic amide) rings is 1. The molecule has 1 aromatic carbocycles. The molecule has 1 saturated heterocycles. The van der Waals surface area contributed by atoms with Crippen LogP contribution >= 0.6 is 0 Å². The molecule has 1 aliphatic heterocycles. The molecule has 1 aliphatic rings. The summed E-state index contributed by atoms with van der Waals surface area (Å²) in [5.74, 6) is -2.66. The predicted molar refractivity (Wildman–Crippen MR) is 169 cm³/mol. The van der Waals surface area contributed by atoms with Crippen molar-refractivity contribution in [3.8, 4) is 5.75 Å². The van der Waals surface area contributed by atoms with Crippen molar-refractivity contribution in [2.75, 3.05) is 18.6 Å². The number of rotatable bonds is 15. The number of aliphatic carboxylic acids is 1. The van der Waals surface area contributed by atoms with Gasteiger partial charge < -0.3 is 19.7 Å². The van der Waals surface area contributed by atoms with Gasteiger partial charge in [-0.2, -0.15) is 0 Å². The van der Waals surface area contributed by atoms with Crippen LogP contribution in [0.5, 0.6) is 5.75 Å². The molecule has 13 nitrogen and oxygen atoms in total. The summed E-state index contributed by atoms with van der Waals surface area (Å²) in [5, 5.41) is 19.1. The number of hydrogen-bond acceptors (Lipinski definition) is 9. The van der Waals surface area contributed by atoms with Gasteiger partial charge in [0, 0.05) is 12.7 Å². The second-order valence-electron chi connectivity index (χ2n) is 12.4. The zero-order valence-electron chi connectivity index (χ0n) is 28.0. The van der Waals surface area contributed by atoms with Crippen molar-refractivity contribution in [2.24, 2.45) is 5.92 Å². The minimum absolute atomic E-state index is 0.0687. The Balaban J connectivity index is 1.89. The number of benzene rings is 1. The van der Waals surface area contributed by atoms with E-state index in [1.54, 1.807) is 65.0 Å². The van der Waals surface area contributed by atoms with Crippen LogP contribution in [-0.2, 0) is 32.0 Å². The highest BCUT2D eigenvalue weighted by Crippen LogP contribution is 2.34. The SMILES string of the molecule is CCCCN(C(=O)N1C(=O)[C@H](Cc2ccnc(N(Cc3ccc(OC)cc3)C(=O)OC(C)(C)C)c2)[C@H]1C(=O)O)C(CCC)OC(O)(F)F. The third-order valence-corrected chi connectivity index (χ3v) is 7.49. The quantitative estimate of drug-likeness (QED) is 0.185. The highest BCUT2D eigenvalue weighted by atomic mass is 19.3. The van der Waals surface area contributed by atoms with E-state index in [0.717, 1.165) is 10.5 Å². The van der Waals surface area contributed by atoms with Crippen LogP contribution in [0.4, 0.5) is 24.2 Å². The lowest BCUT2D eigenvalue weighted by Gasteiger charge is -2.46. The minimum Gasteiger partial charge on any atom is -0.497 e. The van der Waals surface area contributed by atoms with Crippen LogP contribution in [0.25, 0.3) is 0 Å². The number of urea groups is 1. The van der Waals surface area contributed by atoms with Gasteiger partial charge in [-0.05, 0) is 75.4 Å². The Morgan fingerprint density at radius 3 is 2.27 bits per heavy atom. The van der Waals surface area contributed by atoms with E-state index in [9.17, 15) is 33.1 Å². The first-order chi connectivity index (χ1) is 22.5. The van der Waals surface area contributed by atoms with Gasteiger partial charge in [-0.25, -0.2) is 24.3 Å². The number of amides is 4. The molecule has 1 aromatic heterocycles. The number of aliphatic hydroxyl groups is 1. The summed E-state index contributed by atoms with van der Waals surface area (Å²) in [4.78, 5) is 59.8. The fourth-order valence-corrected chi connectivity index (χ4v) is 5.22. The van der Waals surface area contributed by atoms with Gasteiger partial charge >= 0.3 is 24.4 Å². The molecule has 15 heteroatoms. The largest absolute Gasteiger partial charge is 0.497 e. The number of methoxy groups -OCH3 is 1. The average molecular weight is 679 g/mol. The molecule has 2 N–H and O–H groups in total. The number of carboxylic acid groups (broad SMARTS) is 1. The summed E-state index contributed by atoms with van der Waals surface area (Å²) in [6, 6.07) is 7.41. The first-order valence-corrected chi connectivity index (χ1v) is 15.7. The van der Waals surface area contributed by atoms with Crippen molar-refractivity contribution in [1.29, 1.82) is 0 Å². The molecular weight excluding hydrogens is 634 g/mol. The second-order valence-corrected chi connectivity index (χ2v) is 12.4. The summed E-state index contributed by atoms with van der Waals surface area (Å²) in [5.41, 5.74) is 0.366. The van der Waals surface area contributed by atoms with Gasteiger partial charge in [0.05, 0.1) is 19.6 Å². The highest BCUT2D eigenvalue weighted by molar-refractivity contribution is 6.07. The van der Waals surface area contributed by atoms with E-state index in [4.69, 9.17) is 14.6 Å². The highest BCUT2D eigenvalue weighted by Gasteiger charge is 2.56. The van der Waals surface area contributed by atoms with E-state index in [-0.39, 0.29) is 31.7 Å². The smallest absolute Gasteiger partial charge is 0.484 e. The molecule has 0 saturated carbocycles. The van der Waals surface area contributed by atoms with Crippen molar-refractivity contribution in [1.82, 2.24) is 14.8 Å². The topological polar surface area (TPSA) is 159 Å². The summed E-state index contributed by atoms with van der Waals surface area (Å²) in [6.07, 6.45) is -4.48. The van der Waals surface area contributed by atoms with Gasteiger partial charge in [0.15, 0.2) is 6.04 Å². The number of carbonyl (C=O) groups excluding carboxylic acids is 3. The number of ether oxygens (including phenoxy) is 3. The average Bonchev–Trinajstić information content (AvgIpc) is 2.99. The van der Waals surface area contributed by atoms with E-state index in [0.29, 0.717) is 35.5 Å². The molecule has 4 amide bonds. The van der Waals surface area contributed by atoms with Crippen LogP contribution in [-0.4, -0.2) is 86.8 Å². The van der Waals surface area contributed by atoms with Gasteiger partial charge in [0.1, 0.15) is 23.4 Å². The Morgan fingerprint density at radius 2 is 1.73 bits per heavy atom. The predicted octanol–water partition coefficient (Wildman–Crippen LogP) is 5.39. The minimum atomic E-state index is -4.56. The van der Waals surface area contributed by atoms with Crippen LogP contribution < -0.4 is 9.64 Å². The Morgan fingerprint density at radius 1 is 1.06 bits per heavy atom. The zero-order chi connectivity index (χ0) is 35.8. The van der Waals surface area contributed by atoms with E-state index >= 15 is 0 Å².